The number of rotatable bonds is 6. The van der Waals surface area contributed by atoms with Gasteiger partial charge >= 0.3 is 0 Å². The third kappa shape index (κ3) is 5.03. The first-order valence-electron chi connectivity index (χ1n) is 9.39. The molecule has 5 N–H and O–H groups in total. The zero-order chi connectivity index (χ0) is 21.8. The van der Waals surface area contributed by atoms with Gasteiger partial charge in [-0.2, -0.15) is 4.98 Å². The second kappa shape index (κ2) is 8.50. The lowest BCUT2D eigenvalue weighted by Gasteiger charge is -2.10. The molecule has 156 valence electrons. The first-order chi connectivity index (χ1) is 14.9. The van der Waals surface area contributed by atoms with Crippen molar-refractivity contribution in [3.8, 4) is 11.1 Å². The Bertz CT molecular complexity index is 1310. The van der Waals surface area contributed by atoms with E-state index in [1.807, 2.05) is 36.4 Å². The van der Waals surface area contributed by atoms with Crippen LogP contribution < -0.4 is 16.2 Å². The Hall–Kier alpha value is -3.82. The summed E-state index contributed by atoms with van der Waals surface area (Å²) in [5.41, 5.74) is 10.6. The van der Waals surface area contributed by atoms with Crippen LogP contribution in [0, 0.1) is 0 Å². The number of hydrogen-bond donors (Lipinski definition) is 3. The molecule has 0 fully saturated rings. The van der Waals surface area contributed by atoms with E-state index in [0.29, 0.717) is 17.1 Å². The molecule has 31 heavy (non-hydrogen) atoms. The molecule has 0 bridgehead atoms. The minimum absolute atomic E-state index is 0.00560. The van der Waals surface area contributed by atoms with Crippen LogP contribution >= 0.6 is 0 Å². The van der Waals surface area contributed by atoms with Crippen molar-refractivity contribution in [1.29, 1.82) is 0 Å². The van der Waals surface area contributed by atoms with E-state index in [4.69, 9.17) is 10.9 Å². The summed E-state index contributed by atoms with van der Waals surface area (Å²) >= 11 is 0. The summed E-state index contributed by atoms with van der Waals surface area (Å²) in [6.07, 6.45) is 6.01. The number of nitrogens with one attached hydrogen (secondary N) is 1. The van der Waals surface area contributed by atoms with Gasteiger partial charge in [0.2, 0.25) is 16.0 Å². The molecule has 2 heterocycles. The summed E-state index contributed by atoms with van der Waals surface area (Å²) in [5, 5.41) is 8.12. The lowest BCUT2D eigenvalue weighted by atomic mass is 10.0. The van der Waals surface area contributed by atoms with Gasteiger partial charge in [0.05, 0.1) is 4.90 Å². The first kappa shape index (κ1) is 20.5. The summed E-state index contributed by atoms with van der Waals surface area (Å²) in [4.78, 5) is 12.6. The normalized spacial score (nSPS) is 11.3. The third-order valence-corrected chi connectivity index (χ3v) is 5.57. The minimum atomic E-state index is -3.80. The van der Waals surface area contributed by atoms with Gasteiger partial charge in [0.1, 0.15) is 5.82 Å². The molecule has 0 aliphatic heterocycles. The van der Waals surface area contributed by atoms with E-state index in [0.717, 1.165) is 12.0 Å². The smallest absolute Gasteiger partial charge is 0.238 e. The van der Waals surface area contributed by atoms with Gasteiger partial charge in [-0.25, -0.2) is 18.5 Å². The molecule has 4 rings (SSSR count). The zero-order valence-corrected chi connectivity index (χ0v) is 17.3. The van der Waals surface area contributed by atoms with E-state index in [1.54, 1.807) is 30.7 Å². The van der Waals surface area contributed by atoms with Gasteiger partial charge in [-0.3, -0.25) is 4.98 Å². The molecule has 0 aliphatic rings. The summed E-state index contributed by atoms with van der Waals surface area (Å²) in [6.45, 7) is 0. The van der Waals surface area contributed by atoms with Crippen LogP contribution in [0.1, 0.15) is 11.1 Å². The molecule has 4 aromatic rings. The molecular weight excluding hydrogens is 412 g/mol. The highest BCUT2D eigenvalue weighted by molar-refractivity contribution is 7.89. The van der Waals surface area contributed by atoms with Gasteiger partial charge in [0.15, 0.2) is 0 Å². The van der Waals surface area contributed by atoms with E-state index in [-0.39, 0.29) is 10.8 Å². The van der Waals surface area contributed by atoms with E-state index in [9.17, 15) is 8.42 Å². The number of sulfonamides is 1. The van der Waals surface area contributed by atoms with Gasteiger partial charge in [-0.1, -0.05) is 30.3 Å². The number of anilines is 3. The fourth-order valence-electron chi connectivity index (χ4n) is 3.10. The Balaban J connectivity index is 1.51. The summed E-state index contributed by atoms with van der Waals surface area (Å²) in [7, 11) is -3.80. The van der Waals surface area contributed by atoms with Gasteiger partial charge in [0.25, 0.3) is 0 Å². The van der Waals surface area contributed by atoms with Crippen LogP contribution in [0.5, 0.6) is 0 Å². The second-order valence-corrected chi connectivity index (χ2v) is 8.48. The van der Waals surface area contributed by atoms with Crippen LogP contribution in [0.4, 0.5) is 17.5 Å². The van der Waals surface area contributed by atoms with E-state index in [1.165, 1.54) is 23.3 Å². The lowest BCUT2D eigenvalue weighted by Crippen LogP contribution is -2.12. The number of pyridine rings is 1. The molecule has 8 nitrogen and oxygen atoms in total. The SMILES string of the molecule is Nc1nc(Nc2cccc(S(N)(=O)=O)c2)ncc1-c1ccc(Cc2ccncc2)cc1. The average Bonchev–Trinajstić information content (AvgIpc) is 2.75. The minimum Gasteiger partial charge on any atom is -0.383 e. The average molecular weight is 433 g/mol. The first-order valence-corrected chi connectivity index (χ1v) is 10.9. The molecule has 0 unspecified atom stereocenters. The van der Waals surface area contributed by atoms with Crippen LogP contribution in [-0.2, 0) is 16.4 Å². The number of benzene rings is 2. The van der Waals surface area contributed by atoms with Crippen molar-refractivity contribution >= 4 is 27.5 Å². The van der Waals surface area contributed by atoms with Crippen LogP contribution in [0.15, 0.2) is 84.1 Å². The molecule has 0 radical (unpaired) electrons. The molecule has 2 aromatic heterocycles. The fraction of sp³-hybridized carbons (Fsp3) is 0.0455. The Kier molecular flexibility index (Phi) is 5.61. The number of hydrogen-bond acceptors (Lipinski definition) is 7. The Morgan fingerprint density at radius 1 is 0.935 bits per heavy atom. The van der Waals surface area contributed by atoms with Crippen molar-refractivity contribution in [3.63, 3.8) is 0 Å². The highest BCUT2D eigenvalue weighted by Crippen LogP contribution is 2.26. The maximum absolute atomic E-state index is 11.5. The van der Waals surface area contributed by atoms with Crippen molar-refractivity contribution in [1.82, 2.24) is 15.0 Å². The van der Waals surface area contributed by atoms with Gasteiger partial charge < -0.3 is 11.1 Å². The van der Waals surface area contributed by atoms with Crippen LogP contribution in [-0.4, -0.2) is 23.4 Å². The Morgan fingerprint density at radius 3 is 2.32 bits per heavy atom. The molecule has 0 saturated heterocycles. The quantitative estimate of drug-likeness (QED) is 0.426. The summed E-state index contributed by atoms with van der Waals surface area (Å²) in [6, 6.07) is 18.1. The molecule has 0 aliphatic carbocycles. The van der Waals surface area contributed by atoms with Gasteiger partial charge in [0, 0.05) is 29.8 Å². The summed E-state index contributed by atoms with van der Waals surface area (Å²) < 4.78 is 23.0. The van der Waals surface area contributed by atoms with Crippen LogP contribution in [0.2, 0.25) is 0 Å². The number of aromatic nitrogens is 3. The maximum Gasteiger partial charge on any atom is 0.238 e. The van der Waals surface area contributed by atoms with E-state index < -0.39 is 10.0 Å². The monoisotopic (exact) mass is 432 g/mol. The summed E-state index contributed by atoms with van der Waals surface area (Å²) in [5.74, 6) is 0.559. The maximum atomic E-state index is 11.5. The lowest BCUT2D eigenvalue weighted by molar-refractivity contribution is 0.598. The molecule has 9 heteroatoms. The molecule has 0 amide bonds. The zero-order valence-electron chi connectivity index (χ0n) is 16.4. The van der Waals surface area contributed by atoms with Crippen molar-refractivity contribution in [2.45, 2.75) is 11.3 Å². The van der Waals surface area contributed by atoms with Crippen molar-refractivity contribution < 1.29 is 8.42 Å². The largest absolute Gasteiger partial charge is 0.383 e. The molecule has 0 saturated carbocycles. The predicted octanol–water partition coefficient (Wildman–Crippen LogP) is 3.10. The molecule has 0 spiro atoms. The van der Waals surface area contributed by atoms with Crippen molar-refractivity contribution in [2.24, 2.45) is 5.14 Å². The molecular formula is C22H20N6O2S. The standard InChI is InChI=1S/C22H20N6O2S/c23-21-20(17-6-4-15(5-7-17)12-16-8-10-25-11-9-16)14-26-22(28-21)27-18-2-1-3-19(13-18)31(24,29)30/h1-11,13-14H,12H2,(H2,24,29,30)(H3,23,26,27,28). The third-order valence-electron chi connectivity index (χ3n) is 4.66. The van der Waals surface area contributed by atoms with E-state index in [2.05, 4.69) is 20.3 Å². The molecule has 2 aromatic carbocycles. The number of primary sulfonamides is 1. The van der Waals surface area contributed by atoms with Crippen molar-refractivity contribution in [3.05, 3.63) is 90.4 Å². The number of nitrogens with zero attached hydrogens (tertiary/aromatic N) is 3. The Labute approximate surface area is 180 Å². The highest BCUT2D eigenvalue weighted by atomic mass is 32.2. The number of nitrogen functional groups attached to an aromatic ring is 1. The van der Waals surface area contributed by atoms with E-state index >= 15 is 0 Å². The highest BCUT2D eigenvalue weighted by Gasteiger charge is 2.10. The predicted molar refractivity (Wildman–Crippen MR) is 120 cm³/mol. The van der Waals surface area contributed by atoms with Crippen LogP contribution in [0.3, 0.4) is 0 Å². The van der Waals surface area contributed by atoms with Crippen molar-refractivity contribution in [2.75, 3.05) is 11.1 Å². The van der Waals surface area contributed by atoms with Crippen LogP contribution in [0.25, 0.3) is 11.1 Å². The van der Waals surface area contributed by atoms with Gasteiger partial charge in [-0.05, 0) is 53.4 Å². The fourth-order valence-corrected chi connectivity index (χ4v) is 3.66. The van der Waals surface area contributed by atoms with Gasteiger partial charge in [-0.15, -0.1) is 0 Å². The Morgan fingerprint density at radius 2 is 1.65 bits per heavy atom. The second-order valence-electron chi connectivity index (χ2n) is 6.92. The molecule has 0 atom stereocenters. The topological polar surface area (TPSA) is 137 Å². The number of nitrogens with two attached hydrogens (primary N) is 2.